The van der Waals surface area contributed by atoms with E-state index in [9.17, 15) is 9.59 Å². The van der Waals surface area contributed by atoms with Gasteiger partial charge in [0, 0.05) is 24.0 Å². The summed E-state index contributed by atoms with van der Waals surface area (Å²) in [5, 5.41) is 1.63. The Balaban J connectivity index is 1.51. The predicted molar refractivity (Wildman–Crippen MR) is 106 cm³/mol. The Morgan fingerprint density at radius 1 is 1.15 bits per heavy atom. The van der Waals surface area contributed by atoms with E-state index in [1.165, 1.54) is 11.3 Å². The van der Waals surface area contributed by atoms with Crippen LogP contribution in [0.2, 0.25) is 5.02 Å². The highest BCUT2D eigenvalue weighted by Crippen LogP contribution is 2.41. The molecule has 1 aromatic heterocycles. The second kappa shape index (κ2) is 7.40. The molecular formula is C19H20ClN3O3S. The SMILES string of the molecule is NC(=O)C1CCN(C(=O)c2ccc(N3CCOc4ccc(Cl)cc43)s2)CC1. The van der Waals surface area contributed by atoms with Gasteiger partial charge >= 0.3 is 0 Å². The maximum Gasteiger partial charge on any atom is 0.263 e. The predicted octanol–water partition coefficient (Wildman–Crippen LogP) is 3.27. The standard InChI is InChI=1S/C19H20ClN3O3S/c20-13-1-2-15-14(11-13)23(9-10-26-15)17-4-3-16(27-17)19(25)22-7-5-12(6-8-22)18(21)24/h1-4,11-12H,5-10H2,(H2,21,24). The van der Waals surface area contributed by atoms with Crippen LogP contribution in [0.1, 0.15) is 22.5 Å². The third kappa shape index (κ3) is 3.61. The number of nitrogens with two attached hydrogens (primary N) is 1. The monoisotopic (exact) mass is 405 g/mol. The number of primary amides is 1. The van der Waals surface area contributed by atoms with Crippen molar-refractivity contribution in [2.75, 3.05) is 31.1 Å². The molecule has 2 amide bonds. The maximum atomic E-state index is 12.8. The first-order valence-electron chi connectivity index (χ1n) is 8.91. The zero-order valence-corrected chi connectivity index (χ0v) is 16.3. The van der Waals surface area contributed by atoms with Crippen molar-refractivity contribution in [3.63, 3.8) is 0 Å². The summed E-state index contributed by atoms with van der Waals surface area (Å²) in [6.07, 6.45) is 1.27. The first kappa shape index (κ1) is 18.1. The van der Waals surface area contributed by atoms with E-state index in [0.29, 0.717) is 49.0 Å². The van der Waals surface area contributed by atoms with Gasteiger partial charge in [-0.1, -0.05) is 11.6 Å². The molecule has 3 heterocycles. The summed E-state index contributed by atoms with van der Waals surface area (Å²) in [5.74, 6) is 0.405. The number of rotatable bonds is 3. The van der Waals surface area contributed by atoms with Crippen LogP contribution in [0.25, 0.3) is 0 Å². The highest BCUT2D eigenvalue weighted by molar-refractivity contribution is 7.18. The molecule has 6 nitrogen and oxygen atoms in total. The third-order valence-corrected chi connectivity index (χ3v) is 6.37. The molecule has 0 saturated carbocycles. The fourth-order valence-corrected chi connectivity index (χ4v) is 4.71. The van der Waals surface area contributed by atoms with Crippen molar-refractivity contribution in [3.8, 4) is 5.75 Å². The van der Waals surface area contributed by atoms with Crippen molar-refractivity contribution in [2.45, 2.75) is 12.8 Å². The van der Waals surface area contributed by atoms with E-state index in [4.69, 9.17) is 22.1 Å². The number of likely N-dealkylation sites (tertiary alicyclic amines) is 1. The summed E-state index contributed by atoms with van der Waals surface area (Å²) >= 11 is 7.61. The molecule has 0 bridgehead atoms. The number of ether oxygens (including phenoxy) is 1. The lowest BCUT2D eigenvalue weighted by Gasteiger charge is -2.31. The number of thiophene rings is 1. The number of nitrogens with zero attached hydrogens (tertiary/aromatic N) is 2. The number of benzene rings is 1. The molecule has 0 spiro atoms. The first-order chi connectivity index (χ1) is 13.0. The molecule has 8 heteroatoms. The molecule has 0 radical (unpaired) electrons. The second-order valence-corrected chi connectivity index (χ2v) is 8.22. The first-order valence-corrected chi connectivity index (χ1v) is 10.1. The molecule has 27 heavy (non-hydrogen) atoms. The number of carbonyl (C=O) groups excluding carboxylic acids is 2. The quantitative estimate of drug-likeness (QED) is 0.850. The molecule has 0 atom stereocenters. The molecule has 2 aliphatic heterocycles. The van der Waals surface area contributed by atoms with Crippen LogP contribution in [-0.2, 0) is 4.79 Å². The zero-order chi connectivity index (χ0) is 19.0. The molecule has 1 saturated heterocycles. The second-order valence-electron chi connectivity index (χ2n) is 6.72. The lowest BCUT2D eigenvalue weighted by molar-refractivity contribution is -0.123. The van der Waals surface area contributed by atoms with Crippen LogP contribution in [0.5, 0.6) is 5.75 Å². The van der Waals surface area contributed by atoms with Crippen LogP contribution in [0, 0.1) is 5.92 Å². The van der Waals surface area contributed by atoms with Gasteiger partial charge in [0.25, 0.3) is 5.91 Å². The maximum absolute atomic E-state index is 12.8. The van der Waals surface area contributed by atoms with Gasteiger partial charge < -0.3 is 20.3 Å². The number of carbonyl (C=O) groups is 2. The van der Waals surface area contributed by atoms with Crippen molar-refractivity contribution in [1.29, 1.82) is 0 Å². The Bertz CT molecular complexity index is 877. The number of hydrogen-bond donors (Lipinski definition) is 1. The molecule has 0 unspecified atom stereocenters. The van der Waals surface area contributed by atoms with Crippen LogP contribution in [0.4, 0.5) is 10.7 Å². The molecule has 2 aromatic rings. The summed E-state index contributed by atoms with van der Waals surface area (Å²) in [4.78, 5) is 28.8. The Morgan fingerprint density at radius 2 is 1.93 bits per heavy atom. The Hall–Kier alpha value is -2.25. The highest BCUT2D eigenvalue weighted by Gasteiger charge is 2.28. The average molecular weight is 406 g/mol. The number of piperidine rings is 1. The molecule has 142 valence electrons. The van der Waals surface area contributed by atoms with Crippen LogP contribution in [-0.4, -0.2) is 43.0 Å². The normalized spacial score (nSPS) is 17.4. The summed E-state index contributed by atoms with van der Waals surface area (Å²) in [7, 11) is 0. The average Bonchev–Trinajstić information content (AvgIpc) is 3.17. The topological polar surface area (TPSA) is 75.9 Å². The van der Waals surface area contributed by atoms with E-state index in [2.05, 4.69) is 4.90 Å². The van der Waals surface area contributed by atoms with Crippen LogP contribution in [0.15, 0.2) is 30.3 Å². The zero-order valence-electron chi connectivity index (χ0n) is 14.7. The minimum atomic E-state index is -0.273. The number of amides is 2. The number of fused-ring (bicyclic) bond motifs is 1. The largest absolute Gasteiger partial charge is 0.490 e. The summed E-state index contributed by atoms with van der Waals surface area (Å²) < 4.78 is 5.70. The molecule has 0 aliphatic carbocycles. The van der Waals surface area contributed by atoms with Gasteiger partial charge in [-0.2, -0.15) is 0 Å². The van der Waals surface area contributed by atoms with Crippen molar-refractivity contribution in [1.82, 2.24) is 4.90 Å². The van der Waals surface area contributed by atoms with Gasteiger partial charge in [0.05, 0.1) is 22.1 Å². The highest BCUT2D eigenvalue weighted by atomic mass is 35.5. The van der Waals surface area contributed by atoms with Gasteiger partial charge in [-0.25, -0.2) is 0 Å². The van der Waals surface area contributed by atoms with Crippen LogP contribution < -0.4 is 15.4 Å². The van der Waals surface area contributed by atoms with E-state index in [0.717, 1.165) is 16.4 Å². The van der Waals surface area contributed by atoms with E-state index in [-0.39, 0.29) is 17.7 Å². The van der Waals surface area contributed by atoms with Crippen molar-refractivity contribution < 1.29 is 14.3 Å². The van der Waals surface area contributed by atoms with Crippen molar-refractivity contribution in [2.24, 2.45) is 11.7 Å². The van der Waals surface area contributed by atoms with Gasteiger partial charge in [0.1, 0.15) is 12.4 Å². The van der Waals surface area contributed by atoms with E-state index < -0.39 is 0 Å². The smallest absolute Gasteiger partial charge is 0.263 e. The summed E-state index contributed by atoms with van der Waals surface area (Å²) in [6.45, 7) is 2.41. The number of anilines is 2. The Morgan fingerprint density at radius 3 is 2.67 bits per heavy atom. The van der Waals surface area contributed by atoms with Gasteiger partial charge in [-0.05, 0) is 43.2 Å². The molecular weight excluding hydrogens is 386 g/mol. The summed E-state index contributed by atoms with van der Waals surface area (Å²) in [6, 6.07) is 9.38. The van der Waals surface area contributed by atoms with E-state index in [1.54, 1.807) is 4.90 Å². The minimum Gasteiger partial charge on any atom is -0.490 e. The Kier molecular flexibility index (Phi) is 4.97. The number of hydrogen-bond acceptors (Lipinski definition) is 5. The minimum absolute atomic E-state index is 0.00810. The molecule has 4 rings (SSSR count). The van der Waals surface area contributed by atoms with Crippen molar-refractivity contribution in [3.05, 3.63) is 40.2 Å². The van der Waals surface area contributed by atoms with Gasteiger partial charge in [0.15, 0.2) is 0 Å². The number of halogens is 1. The summed E-state index contributed by atoms with van der Waals surface area (Å²) in [5.41, 5.74) is 6.28. The van der Waals surface area contributed by atoms with Gasteiger partial charge in [0.2, 0.25) is 5.91 Å². The molecule has 1 fully saturated rings. The fraction of sp³-hybridized carbons (Fsp3) is 0.368. The van der Waals surface area contributed by atoms with Crippen LogP contribution in [0.3, 0.4) is 0 Å². The van der Waals surface area contributed by atoms with Crippen molar-refractivity contribution >= 4 is 45.4 Å². The lowest BCUT2D eigenvalue weighted by atomic mass is 9.96. The molecule has 2 N–H and O–H groups in total. The molecule has 1 aromatic carbocycles. The Labute approximate surface area is 166 Å². The van der Waals surface area contributed by atoms with E-state index in [1.807, 2.05) is 30.3 Å². The van der Waals surface area contributed by atoms with Crippen LogP contribution >= 0.6 is 22.9 Å². The van der Waals surface area contributed by atoms with Gasteiger partial charge in [-0.3, -0.25) is 9.59 Å². The van der Waals surface area contributed by atoms with E-state index >= 15 is 0 Å². The van der Waals surface area contributed by atoms with Gasteiger partial charge in [-0.15, -0.1) is 11.3 Å². The fourth-order valence-electron chi connectivity index (χ4n) is 3.53. The third-order valence-electron chi connectivity index (χ3n) is 5.04. The lowest BCUT2D eigenvalue weighted by Crippen LogP contribution is -2.41. The molecule has 2 aliphatic rings.